The van der Waals surface area contributed by atoms with Crippen molar-refractivity contribution in [1.82, 2.24) is 4.90 Å². The van der Waals surface area contributed by atoms with E-state index in [1.807, 2.05) is 58.1 Å². The largest absolute Gasteiger partial charge is 0.460 e. The lowest BCUT2D eigenvalue weighted by Crippen LogP contribution is -2.61. The normalized spacial score (nSPS) is 38.2. The first-order valence-corrected chi connectivity index (χ1v) is 28.4. The maximum Gasteiger partial charge on any atom is 0.335 e. The maximum atomic E-state index is 14.5. The van der Waals surface area contributed by atoms with E-state index in [9.17, 15) is 38.8 Å². The summed E-state index contributed by atoms with van der Waals surface area (Å²) in [5.41, 5.74) is 1.28. The number of nitrogens with zero attached hydrogens (tertiary/aromatic N) is 1. The first-order chi connectivity index (χ1) is 33.6. The summed E-state index contributed by atoms with van der Waals surface area (Å²) in [5.74, 6) is -7.32. The van der Waals surface area contributed by atoms with Crippen LogP contribution in [-0.2, 0) is 52.2 Å². The number of carbonyl (C=O) groups excluding carboxylic acids is 5. The van der Waals surface area contributed by atoms with E-state index in [1.54, 1.807) is 47.7 Å². The summed E-state index contributed by atoms with van der Waals surface area (Å²) in [6.45, 7) is 14.7. The van der Waals surface area contributed by atoms with Gasteiger partial charge in [0.1, 0.15) is 43.0 Å². The molecule has 0 aromatic heterocycles. The Morgan fingerprint density at radius 2 is 1.61 bits per heavy atom. The molecule has 71 heavy (non-hydrogen) atoms. The molecule has 2 bridgehead atoms. The van der Waals surface area contributed by atoms with Crippen LogP contribution in [0.4, 0.5) is 0 Å². The SMILES string of the molecule is CO[C@H]1C[C@@H]2CC[C@@H](C)[C@@](O)(O2)C(=O)C(=O)N2CCCC[C@H]2C(=O)OC([C@H](C)CC2CCC(CCCC[P+](C)=O)[C@H](OC)C2)CC(=O)[C@H](C)/C=C(\C)[C@@H](O)[C@@H](OC)C(=O)[C@H](C)C[C@H](C)/C=C/C=C/C=C/1C. The smallest absolute Gasteiger partial charge is 0.335 e. The summed E-state index contributed by atoms with van der Waals surface area (Å²) in [6, 6.07) is -1.13. The van der Waals surface area contributed by atoms with Crippen molar-refractivity contribution in [1.29, 1.82) is 0 Å². The van der Waals surface area contributed by atoms with Crippen molar-refractivity contribution >= 4 is 37.0 Å². The van der Waals surface area contributed by atoms with Crippen LogP contribution in [0.1, 0.15) is 145 Å². The average molecular weight is 1020 g/mol. The van der Waals surface area contributed by atoms with E-state index < -0.39 is 85.6 Å². The van der Waals surface area contributed by atoms with Crippen LogP contribution in [0.25, 0.3) is 0 Å². The quantitative estimate of drug-likeness (QED) is 0.0656. The Bertz CT molecular complexity index is 1930. The van der Waals surface area contributed by atoms with E-state index in [0.717, 1.165) is 50.3 Å². The summed E-state index contributed by atoms with van der Waals surface area (Å²) < 4.78 is 41.7. The number of rotatable bonds is 11. The Balaban J connectivity index is 1.68. The van der Waals surface area contributed by atoms with E-state index in [2.05, 4.69) is 0 Å². The zero-order valence-corrected chi connectivity index (χ0v) is 45.7. The van der Waals surface area contributed by atoms with E-state index in [-0.39, 0.29) is 54.8 Å². The molecule has 2 N–H and O–H groups in total. The molecule has 1 aliphatic carbocycles. The van der Waals surface area contributed by atoms with Crippen LogP contribution in [0.15, 0.2) is 47.6 Å². The van der Waals surface area contributed by atoms with Crippen LogP contribution >= 0.6 is 7.80 Å². The van der Waals surface area contributed by atoms with Gasteiger partial charge in [0.05, 0.1) is 18.3 Å². The third-order valence-electron chi connectivity index (χ3n) is 15.9. The molecule has 0 aromatic rings. The van der Waals surface area contributed by atoms with E-state index in [1.165, 1.54) is 12.0 Å². The molecule has 0 radical (unpaired) electrons. The van der Waals surface area contributed by atoms with E-state index >= 15 is 0 Å². The average Bonchev–Trinajstić information content (AvgIpc) is 3.34. The van der Waals surface area contributed by atoms with Gasteiger partial charge in [-0.05, 0) is 132 Å². The zero-order chi connectivity index (χ0) is 52.6. The highest BCUT2D eigenvalue weighted by Crippen LogP contribution is 2.40. The lowest BCUT2D eigenvalue weighted by Gasteiger charge is -2.42. The van der Waals surface area contributed by atoms with Crippen molar-refractivity contribution in [3.63, 3.8) is 0 Å². The number of esters is 1. The van der Waals surface area contributed by atoms with Gasteiger partial charge in [0.2, 0.25) is 5.79 Å². The number of fused-ring (bicyclic) bond motifs is 3. The second-order valence-corrected chi connectivity index (χ2v) is 23.3. The van der Waals surface area contributed by atoms with Crippen molar-refractivity contribution in [2.45, 2.75) is 193 Å². The van der Waals surface area contributed by atoms with Crippen molar-refractivity contribution in [3.8, 4) is 0 Å². The van der Waals surface area contributed by atoms with Crippen molar-refractivity contribution < 1.29 is 62.4 Å². The number of carbonyl (C=O) groups is 5. The number of aliphatic hydroxyl groups is 2. The Hall–Kier alpha value is -3.23. The highest BCUT2D eigenvalue weighted by molar-refractivity contribution is 7.43. The molecule has 16 atom stereocenters. The number of unbranched alkanes of at least 4 members (excludes halogenated alkanes) is 1. The minimum absolute atomic E-state index is 0.0201. The van der Waals surface area contributed by atoms with Gasteiger partial charge in [0, 0.05) is 58.5 Å². The Kier molecular flexibility index (Phi) is 24.7. The van der Waals surface area contributed by atoms with Crippen LogP contribution in [0, 0.1) is 41.4 Å². The van der Waals surface area contributed by atoms with Gasteiger partial charge in [0.15, 0.2) is 5.78 Å². The maximum absolute atomic E-state index is 14.5. The van der Waals surface area contributed by atoms with Crippen LogP contribution in [-0.4, -0.2) is 133 Å². The molecular weight excluding hydrogens is 926 g/mol. The second-order valence-electron chi connectivity index (χ2n) is 21.6. The topological polar surface area (TPSA) is 192 Å². The number of piperidine rings is 1. The number of cyclic esters (lactones) is 1. The molecule has 4 unspecified atom stereocenters. The van der Waals surface area contributed by atoms with Gasteiger partial charge in [0.25, 0.3) is 11.7 Å². The number of aliphatic hydroxyl groups excluding tert-OH is 1. The number of Topliss-reactive ketones (excluding diaryl/α,β-unsaturated/α-hetero) is 3. The molecule has 1 saturated carbocycles. The van der Waals surface area contributed by atoms with E-state index in [0.29, 0.717) is 56.4 Å². The van der Waals surface area contributed by atoms with Gasteiger partial charge in [-0.15, -0.1) is 0 Å². The van der Waals surface area contributed by atoms with Gasteiger partial charge >= 0.3 is 13.8 Å². The van der Waals surface area contributed by atoms with Crippen molar-refractivity contribution in [2.24, 2.45) is 41.4 Å². The molecule has 2 saturated heterocycles. The van der Waals surface area contributed by atoms with E-state index in [4.69, 9.17) is 23.7 Å². The highest BCUT2D eigenvalue weighted by Gasteiger charge is 2.53. The monoisotopic (exact) mass is 1010 g/mol. The molecule has 1 amide bonds. The number of amides is 1. The van der Waals surface area contributed by atoms with Gasteiger partial charge in [-0.1, -0.05) is 75.6 Å². The molecule has 0 spiro atoms. The predicted octanol–water partition coefficient (Wildman–Crippen LogP) is 9.06. The molecule has 400 valence electrons. The second kappa shape index (κ2) is 29.0. The summed E-state index contributed by atoms with van der Waals surface area (Å²) in [5, 5.41) is 23.5. The van der Waals surface area contributed by atoms with Gasteiger partial charge in [-0.3, -0.25) is 19.2 Å². The molecule has 4 rings (SSSR count). The molecule has 15 heteroatoms. The Labute approximate surface area is 425 Å². The standard InChI is InChI=1S/C56H89NO13P/c1-35-19-13-12-14-20-36(2)47(66-8)33-44-26-23-41(7)56(64,70-44)53(61)54(62)57-27-17-15-22-45(57)55(63)69-48(34-46(58)37(3)30-40(6)51(60)52(68-10)50(59)39(5)29-35)38(4)31-42-24-25-43(49(32-42)67-9)21-16-18-28-71(11)65/h12-14,19-20,30,35,37-39,41-45,47-49,51-52,60,64H,15-18,21-29,31-34H2,1-11H3/q+1/b14-12+,19-13+,36-20+,40-30+/t35-,37-,38-,39-,41-,42?,43?,44+,45+,47+,48?,49-,51-,52+,56-/m1/s1. The summed E-state index contributed by atoms with van der Waals surface area (Å²) in [4.78, 5) is 72.5. The van der Waals surface area contributed by atoms with Crippen LogP contribution in [0.3, 0.4) is 0 Å². The molecule has 3 heterocycles. The summed E-state index contributed by atoms with van der Waals surface area (Å²) in [6.07, 6.45) is 16.9. The number of hydrogen-bond donors (Lipinski definition) is 2. The van der Waals surface area contributed by atoms with Crippen molar-refractivity contribution in [2.75, 3.05) is 40.7 Å². The van der Waals surface area contributed by atoms with Crippen LogP contribution in [0.2, 0.25) is 0 Å². The van der Waals surface area contributed by atoms with Crippen LogP contribution < -0.4 is 0 Å². The molecule has 3 aliphatic heterocycles. The predicted molar refractivity (Wildman–Crippen MR) is 275 cm³/mol. The minimum Gasteiger partial charge on any atom is -0.460 e. The Morgan fingerprint density at radius 1 is 0.873 bits per heavy atom. The number of methoxy groups -OCH3 is 3. The lowest BCUT2D eigenvalue weighted by atomic mass is 9.74. The third-order valence-corrected chi connectivity index (χ3v) is 16.9. The van der Waals surface area contributed by atoms with Gasteiger partial charge in [-0.2, -0.15) is 0 Å². The lowest BCUT2D eigenvalue weighted by molar-refractivity contribution is -0.265. The first kappa shape index (κ1) is 60.3. The van der Waals surface area contributed by atoms with Crippen molar-refractivity contribution in [3.05, 3.63) is 47.6 Å². The minimum atomic E-state index is -2.43. The molecule has 4 aliphatic rings. The fraction of sp³-hybridized carbons (Fsp3) is 0.768. The molecule has 3 fully saturated rings. The Morgan fingerprint density at radius 3 is 2.28 bits per heavy atom. The fourth-order valence-electron chi connectivity index (χ4n) is 11.3. The van der Waals surface area contributed by atoms with Gasteiger partial charge < -0.3 is 38.8 Å². The number of ketones is 3. The summed E-state index contributed by atoms with van der Waals surface area (Å²) >= 11 is 0. The number of allylic oxidation sites excluding steroid dienone is 6. The third kappa shape index (κ3) is 17.2. The zero-order valence-electron chi connectivity index (χ0n) is 44.8. The van der Waals surface area contributed by atoms with Crippen LogP contribution in [0.5, 0.6) is 0 Å². The highest BCUT2D eigenvalue weighted by atomic mass is 31.1. The molecule has 0 aromatic carbocycles. The molecule has 14 nitrogen and oxygen atoms in total. The molecular formula is C56H89NO13P+. The summed E-state index contributed by atoms with van der Waals surface area (Å²) in [7, 11) is 3.55. The van der Waals surface area contributed by atoms with Gasteiger partial charge in [-0.25, -0.2) is 4.79 Å². The fourth-order valence-corrected chi connectivity index (χ4v) is 12.0. The number of hydrogen-bond acceptors (Lipinski definition) is 13. The first-order valence-electron chi connectivity index (χ1n) is 26.5. The number of ether oxygens (including phenoxy) is 5.